The summed E-state index contributed by atoms with van der Waals surface area (Å²) in [7, 11) is 4.50. The number of urea groups is 1. The molecular weight excluding hydrogens is 580 g/mol. The lowest BCUT2D eigenvalue weighted by molar-refractivity contribution is 0.102. The van der Waals surface area contributed by atoms with Crippen LogP contribution in [0, 0.1) is 6.92 Å². The summed E-state index contributed by atoms with van der Waals surface area (Å²) in [5.41, 5.74) is 4.71. The van der Waals surface area contributed by atoms with Gasteiger partial charge >= 0.3 is 6.03 Å². The van der Waals surface area contributed by atoms with Gasteiger partial charge in [-0.05, 0) is 61.0 Å². The van der Waals surface area contributed by atoms with E-state index in [9.17, 15) is 9.59 Å². The SMILES string of the molecule is COc1cc(NC(=O)Nc2ccc(C(=O)Nc3ccc(C)c(N(c4cccnc4)c4nccs4)c3)cc2)cc(OC)c1OC. The number of nitrogens with one attached hydrogen (secondary N) is 3. The summed E-state index contributed by atoms with van der Waals surface area (Å²) >= 11 is 1.51. The molecule has 0 aliphatic heterocycles. The van der Waals surface area contributed by atoms with E-state index >= 15 is 0 Å². The summed E-state index contributed by atoms with van der Waals surface area (Å²) in [5, 5.41) is 11.2. The average molecular weight is 611 g/mol. The molecule has 224 valence electrons. The van der Waals surface area contributed by atoms with Crippen LogP contribution in [0.25, 0.3) is 0 Å². The van der Waals surface area contributed by atoms with Gasteiger partial charge in [-0.1, -0.05) is 6.07 Å². The van der Waals surface area contributed by atoms with Gasteiger partial charge in [0.15, 0.2) is 16.6 Å². The predicted molar refractivity (Wildman–Crippen MR) is 172 cm³/mol. The van der Waals surface area contributed by atoms with Gasteiger partial charge in [0.05, 0.1) is 44.6 Å². The molecule has 11 nitrogen and oxygen atoms in total. The number of amides is 3. The van der Waals surface area contributed by atoms with Crippen molar-refractivity contribution in [3.63, 3.8) is 0 Å². The van der Waals surface area contributed by atoms with Crippen molar-refractivity contribution in [2.75, 3.05) is 42.2 Å². The zero-order chi connectivity index (χ0) is 31.1. The van der Waals surface area contributed by atoms with Crippen molar-refractivity contribution < 1.29 is 23.8 Å². The van der Waals surface area contributed by atoms with E-state index < -0.39 is 6.03 Å². The molecule has 0 aliphatic rings. The van der Waals surface area contributed by atoms with E-state index in [-0.39, 0.29) is 5.91 Å². The first-order chi connectivity index (χ1) is 21.4. The number of hydrogen-bond donors (Lipinski definition) is 3. The Morgan fingerprint density at radius 1 is 0.795 bits per heavy atom. The number of hydrogen-bond acceptors (Lipinski definition) is 9. The van der Waals surface area contributed by atoms with E-state index in [1.165, 1.54) is 32.7 Å². The molecule has 12 heteroatoms. The third-order valence-electron chi connectivity index (χ3n) is 6.55. The number of pyridine rings is 1. The number of benzene rings is 3. The molecule has 5 aromatic rings. The summed E-state index contributed by atoms with van der Waals surface area (Å²) in [6.45, 7) is 2.00. The van der Waals surface area contributed by atoms with Gasteiger partial charge in [-0.3, -0.25) is 14.7 Å². The number of anilines is 6. The van der Waals surface area contributed by atoms with Crippen LogP contribution in [0.15, 0.2) is 90.7 Å². The van der Waals surface area contributed by atoms with Crippen molar-refractivity contribution in [3.8, 4) is 17.2 Å². The Morgan fingerprint density at radius 2 is 1.50 bits per heavy atom. The first-order valence-electron chi connectivity index (χ1n) is 13.4. The number of thiazole rings is 1. The van der Waals surface area contributed by atoms with Crippen LogP contribution in [0.5, 0.6) is 17.2 Å². The van der Waals surface area contributed by atoms with Crippen LogP contribution in [-0.2, 0) is 0 Å². The van der Waals surface area contributed by atoms with E-state index in [0.29, 0.717) is 39.9 Å². The molecule has 0 bridgehead atoms. The van der Waals surface area contributed by atoms with Crippen molar-refractivity contribution in [2.24, 2.45) is 0 Å². The van der Waals surface area contributed by atoms with Gasteiger partial charge in [0.1, 0.15) is 0 Å². The van der Waals surface area contributed by atoms with Gasteiger partial charge in [0, 0.05) is 46.8 Å². The van der Waals surface area contributed by atoms with Crippen LogP contribution in [0.3, 0.4) is 0 Å². The van der Waals surface area contributed by atoms with E-state index in [4.69, 9.17) is 14.2 Å². The zero-order valence-electron chi connectivity index (χ0n) is 24.5. The average Bonchev–Trinajstić information content (AvgIpc) is 3.57. The Bertz CT molecular complexity index is 1720. The zero-order valence-corrected chi connectivity index (χ0v) is 25.3. The highest BCUT2D eigenvalue weighted by atomic mass is 32.1. The lowest BCUT2D eigenvalue weighted by Gasteiger charge is -2.24. The Labute approximate surface area is 258 Å². The minimum Gasteiger partial charge on any atom is -0.493 e. The summed E-state index contributed by atoms with van der Waals surface area (Å²) in [4.78, 5) is 36.6. The normalized spacial score (nSPS) is 10.5. The lowest BCUT2D eigenvalue weighted by Crippen LogP contribution is -2.19. The van der Waals surface area contributed by atoms with Crippen molar-refractivity contribution in [1.82, 2.24) is 9.97 Å². The third-order valence-corrected chi connectivity index (χ3v) is 7.31. The first-order valence-corrected chi connectivity index (χ1v) is 14.3. The second kappa shape index (κ2) is 13.6. The molecule has 0 aliphatic carbocycles. The van der Waals surface area contributed by atoms with Gasteiger partial charge in [-0.2, -0.15) is 0 Å². The van der Waals surface area contributed by atoms with E-state index in [0.717, 1.165) is 22.1 Å². The minimum atomic E-state index is -0.484. The molecule has 5 rings (SSSR count). The van der Waals surface area contributed by atoms with Crippen LogP contribution in [0.4, 0.5) is 38.4 Å². The Kier molecular flexibility index (Phi) is 9.21. The number of carbonyl (C=O) groups excluding carboxylic acids is 2. The van der Waals surface area contributed by atoms with Crippen molar-refractivity contribution in [2.45, 2.75) is 6.92 Å². The number of carbonyl (C=O) groups is 2. The molecular formula is C32H30N6O5S. The summed E-state index contributed by atoms with van der Waals surface area (Å²) in [5.74, 6) is 0.940. The fourth-order valence-corrected chi connectivity index (χ4v) is 5.12. The molecule has 3 N–H and O–H groups in total. The quantitative estimate of drug-likeness (QED) is 0.151. The van der Waals surface area contributed by atoms with Crippen LogP contribution in [-0.4, -0.2) is 43.2 Å². The summed E-state index contributed by atoms with van der Waals surface area (Å²) in [6, 6.07) is 18.9. The first kappa shape index (κ1) is 29.9. The maximum absolute atomic E-state index is 13.1. The van der Waals surface area contributed by atoms with Crippen molar-refractivity contribution in [1.29, 1.82) is 0 Å². The minimum absolute atomic E-state index is 0.296. The number of aromatic nitrogens is 2. The Hall–Kier alpha value is -5.62. The maximum atomic E-state index is 13.1. The summed E-state index contributed by atoms with van der Waals surface area (Å²) in [6.07, 6.45) is 5.24. The fourth-order valence-electron chi connectivity index (χ4n) is 4.45. The topological polar surface area (TPSA) is 127 Å². The Balaban J connectivity index is 1.27. The van der Waals surface area contributed by atoms with E-state index in [1.54, 1.807) is 55.0 Å². The van der Waals surface area contributed by atoms with Gasteiger partial charge in [-0.25, -0.2) is 9.78 Å². The molecule has 0 atom stereocenters. The number of methoxy groups -OCH3 is 3. The molecule has 0 spiro atoms. The highest BCUT2D eigenvalue weighted by Gasteiger charge is 2.19. The van der Waals surface area contributed by atoms with Gasteiger partial charge in [0.25, 0.3) is 5.91 Å². The van der Waals surface area contributed by atoms with Gasteiger partial charge in [0.2, 0.25) is 5.75 Å². The molecule has 2 heterocycles. The van der Waals surface area contributed by atoms with Gasteiger partial charge < -0.3 is 30.2 Å². The van der Waals surface area contributed by atoms with Crippen LogP contribution >= 0.6 is 11.3 Å². The molecule has 0 unspecified atom stereocenters. The largest absolute Gasteiger partial charge is 0.493 e. The maximum Gasteiger partial charge on any atom is 0.323 e. The number of aryl methyl sites for hydroxylation is 1. The van der Waals surface area contributed by atoms with E-state index in [1.807, 2.05) is 47.5 Å². The third kappa shape index (κ3) is 6.71. The fraction of sp³-hybridized carbons (Fsp3) is 0.125. The molecule has 0 radical (unpaired) electrons. The molecule has 44 heavy (non-hydrogen) atoms. The molecule has 0 saturated carbocycles. The number of rotatable bonds is 10. The van der Waals surface area contributed by atoms with Crippen LogP contribution in [0.1, 0.15) is 15.9 Å². The van der Waals surface area contributed by atoms with Crippen molar-refractivity contribution in [3.05, 3.63) is 102 Å². The Morgan fingerprint density at radius 3 is 2.11 bits per heavy atom. The molecule has 3 amide bonds. The van der Waals surface area contributed by atoms with E-state index in [2.05, 4.69) is 25.9 Å². The molecule has 0 saturated heterocycles. The second-order valence-electron chi connectivity index (χ2n) is 9.39. The number of nitrogens with zero attached hydrogens (tertiary/aromatic N) is 3. The second-order valence-corrected chi connectivity index (χ2v) is 10.3. The van der Waals surface area contributed by atoms with Crippen LogP contribution in [0.2, 0.25) is 0 Å². The van der Waals surface area contributed by atoms with Gasteiger partial charge in [-0.15, -0.1) is 11.3 Å². The molecule has 0 fully saturated rings. The van der Waals surface area contributed by atoms with Crippen molar-refractivity contribution >= 4 is 56.8 Å². The van der Waals surface area contributed by atoms with Crippen LogP contribution < -0.4 is 35.1 Å². The lowest BCUT2D eigenvalue weighted by atomic mass is 10.1. The predicted octanol–water partition coefficient (Wildman–Crippen LogP) is 7.24. The summed E-state index contributed by atoms with van der Waals surface area (Å²) < 4.78 is 16.0. The smallest absolute Gasteiger partial charge is 0.323 e. The molecule has 2 aromatic heterocycles. The number of ether oxygens (including phenoxy) is 3. The monoisotopic (exact) mass is 610 g/mol. The standard InChI is InChI=1S/C32H30N6O5S/c1-20-7-10-23(16-26(20)38(32-34-14-15-44-32)25-6-5-13-33-19-25)35-30(39)21-8-11-22(12-9-21)36-31(40)37-24-17-27(41-2)29(43-4)28(18-24)42-3/h5-19H,1-4H3,(H,35,39)(H2,36,37,40). The highest BCUT2D eigenvalue weighted by molar-refractivity contribution is 7.13. The highest BCUT2D eigenvalue weighted by Crippen LogP contribution is 2.40. The molecule has 3 aromatic carbocycles.